The van der Waals surface area contributed by atoms with Crippen molar-refractivity contribution in [3.63, 3.8) is 0 Å². The SMILES string of the molecule is C1=CC(c2ccc3c(c2)Oc2ccc(-c4cccc(-c5ccncc5)c4)c4c2P3c2ccc(-c3ccccc3)cc2O4)=CCC1.CC. The number of nitrogens with zero attached hydrogens (tertiary/aromatic N) is 1. The largest absolute Gasteiger partial charge is 0.456 e. The Hall–Kier alpha value is -5.24. The van der Waals surface area contributed by atoms with E-state index < -0.39 is 7.92 Å². The van der Waals surface area contributed by atoms with Crippen molar-refractivity contribution in [1.82, 2.24) is 4.98 Å². The highest BCUT2D eigenvalue weighted by atomic mass is 31.1. The number of fused-ring (bicyclic) bond motifs is 4. The second-order valence-electron chi connectivity index (χ2n) is 11.5. The van der Waals surface area contributed by atoms with E-state index in [-0.39, 0.29) is 0 Å². The van der Waals surface area contributed by atoms with Gasteiger partial charge < -0.3 is 9.47 Å². The summed E-state index contributed by atoms with van der Waals surface area (Å²) >= 11 is 0. The summed E-state index contributed by atoms with van der Waals surface area (Å²) in [6.07, 6.45) is 12.7. The third kappa shape index (κ3) is 5.27. The molecule has 3 heterocycles. The summed E-state index contributed by atoms with van der Waals surface area (Å²) in [6, 6.07) is 41.0. The van der Waals surface area contributed by atoms with Crippen molar-refractivity contribution < 1.29 is 9.47 Å². The molecule has 1 atom stereocenters. The molecule has 228 valence electrons. The highest BCUT2D eigenvalue weighted by Gasteiger charge is 2.38. The average Bonchev–Trinajstić information content (AvgIpc) is 3.16. The van der Waals surface area contributed by atoms with E-state index in [2.05, 4.69) is 126 Å². The summed E-state index contributed by atoms with van der Waals surface area (Å²) in [5.74, 6) is 3.61. The number of pyridine rings is 1. The monoisotopic (exact) mass is 627 g/mol. The minimum absolute atomic E-state index is 0.876. The van der Waals surface area contributed by atoms with Crippen molar-refractivity contribution in [3.8, 4) is 56.4 Å². The smallest absolute Gasteiger partial charge is 0.147 e. The Balaban J connectivity index is 0.00000159. The molecule has 9 rings (SSSR count). The number of allylic oxidation sites excluding steroid dienone is 4. The van der Waals surface area contributed by atoms with E-state index >= 15 is 0 Å². The molecule has 0 saturated carbocycles. The molecular weight excluding hydrogens is 593 g/mol. The van der Waals surface area contributed by atoms with Crippen molar-refractivity contribution in [2.45, 2.75) is 26.7 Å². The third-order valence-electron chi connectivity index (χ3n) is 8.77. The molecule has 0 fully saturated rings. The van der Waals surface area contributed by atoms with Crippen LogP contribution >= 0.6 is 7.92 Å². The van der Waals surface area contributed by atoms with Gasteiger partial charge in [-0.25, -0.2) is 0 Å². The van der Waals surface area contributed by atoms with Crippen molar-refractivity contribution in [2.75, 3.05) is 0 Å². The number of aromatic nitrogens is 1. The fourth-order valence-electron chi connectivity index (χ4n) is 6.57. The predicted molar refractivity (Wildman–Crippen MR) is 197 cm³/mol. The van der Waals surface area contributed by atoms with Crippen molar-refractivity contribution in [1.29, 1.82) is 0 Å². The van der Waals surface area contributed by atoms with Gasteiger partial charge >= 0.3 is 0 Å². The van der Waals surface area contributed by atoms with E-state index in [4.69, 9.17) is 9.47 Å². The molecule has 0 radical (unpaired) electrons. The highest BCUT2D eigenvalue weighted by molar-refractivity contribution is 7.80. The zero-order valence-electron chi connectivity index (χ0n) is 26.5. The first kappa shape index (κ1) is 29.2. The second kappa shape index (κ2) is 12.5. The molecule has 0 amide bonds. The molecule has 3 aliphatic rings. The quantitative estimate of drug-likeness (QED) is 0.182. The minimum atomic E-state index is -0.916. The minimum Gasteiger partial charge on any atom is -0.456 e. The Bertz CT molecular complexity index is 2170. The van der Waals surface area contributed by atoms with Gasteiger partial charge in [-0.3, -0.25) is 4.98 Å². The first-order valence-corrected chi connectivity index (χ1v) is 17.7. The second-order valence-corrected chi connectivity index (χ2v) is 13.6. The first-order valence-electron chi connectivity index (χ1n) is 16.3. The summed E-state index contributed by atoms with van der Waals surface area (Å²) in [7, 11) is -0.916. The lowest BCUT2D eigenvalue weighted by molar-refractivity contribution is 0.468. The lowest BCUT2D eigenvalue weighted by atomic mass is 9.98. The Labute approximate surface area is 277 Å². The number of ether oxygens (including phenoxy) is 2. The molecule has 6 aromatic rings. The first-order chi connectivity index (χ1) is 23.3. The van der Waals surface area contributed by atoms with E-state index in [9.17, 15) is 0 Å². The van der Waals surface area contributed by atoms with Crippen LogP contribution < -0.4 is 25.4 Å². The normalized spacial score (nSPS) is 15.0. The lowest BCUT2D eigenvalue weighted by Gasteiger charge is -2.36. The molecule has 2 aliphatic heterocycles. The molecule has 1 aromatic heterocycles. The van der Waals surface area contributed by atoms with Crippen LogP contribution in [-0.2, 0) is 0 Å². The van der Waals surface area contributed by atoms with Crippen LogP contribution in [0.15, 0.2) is 146 Å². The fraction of sp³-hybridized carbons (Fsp3) is 0.0930. The van der Waals surface area contributed by atoms with Gasteiger partial charge in [0.2, 0.25) is 0 Å². The summed E-state index contributed by atoms with van der Waals surface area (Å²) in [5.41, 5.74) is 9.22. The van der Waals surface area contributed by atoms with Gasteiger partial charge in [-0.05, 0) is 106 Å². The van der Waals surface area contributed by atoms with Crippen LogP contribution in [0.2, 0.25) is 0 Å². The summed E-state index contributed by atoms with van der Waals surface area (Å²) in [5, 5.41) is 3.59. The van der Waals surface area contributed by atoms with Crippen LogP contribution in [0.25, 0.3) is 39.0 Å². The topological polar surface area (TPSA) is 31.4 Å². The van der Waals surface area contributed by atoms with Gasteiger partial charge in [0.05, 0.1) is 5.30 Å². The predicted octanol–water partition coefficient (Wildman–Crippen LogP) is 10.8. The number of rotatable bonds is 4. The Morgan fingerprint density at radius 3 is 2.02 bits per heavy atom. The zero-order chi connectivity index (χ0) is 31.7. The van der Waals surface area contributed by atoms with Crippen molar-refractivity contribution in [3.05, 3.63) is 151 Å². The summed E-state index contributed by atoms with van der Waals surface area (Å²) in [6.45, 7) is 4.00. The van der Waals surface area contributed by atoms with Gasteiger partial charge in [0, 0.05) is 36.5 Å². The van der Waals surface area contributed by atoms with E-state index in [1.807, 2.05) is 38.4 Å². The van der Waals surface area contributed by atoms with Crippen LogP contribution in [0.1, 0.15) is 32.3 Å². The molecule has 0 N–H and O–H groups in total. The van der Waals surface area contributed by atoms with E-state index in [0.29, 0.717) is 0 Å². The Kier molecular flexibility index (Phi) is 7.77. The number of hydrogen-bond acceptors (Lipinski definition) is 3. The molecule has 0 spiro atoms. The lowest BCUT2D eigenvalue weighted by Crippen LogP contribution is -2.32. The summed E-state index contributed by atoms with van der Waals surface area (Å²) < 4.78 is 13.7. The van der Waals surface area contributed by atoms with E-state index in [1.165, 1.54) is 27.3 Å². The van der Waals surface area contributed by atoms with Crippen molar-refractivity contribution >= 4 is 29.4 Å². The molecule has 0 bridgehead atoms. The van der Waals surface area contributed by atoms with Gasteiger partial charge in [0.1, 0.15) is 23.0 Å². The maximum absolute atomic E-state index is 6.96. The van der Waals surface area contributed by atoms with Gasteiger partial charge in [-0.15, -0.1) is 0 Å². The molecule has 47 heavy (non-hydrogen) atoms. The molecule has 5 aromatic carbocycles. The Morgan fingerprint density at radius 1 is 0.553 bits per heavy atom. The van der Waals surface area contributed by atoms with Gasteiger partial charge in [0.25, 0.3) is 0 Å². The fourth-order valence-corrected chi connectivity index (χ4v) is 9.13. The average molecular weight is 628 g/mol. The van der Waals surface area contributed by atoms with Crippen LogP contribution in [0.4, 0.5) is 0 Å². The van der Waals surface area contributed by atoms with Gasteiger partial charge in [-0.1, -0.05) is 92.7 Å². The molecule has 4 heteroatoms. The van der Waals surface area contributed by atoms with Crippen LogP contribution in [0.5, 0.6) is 23.0 Å². The number of hydrogen-bond donors (Lipinski definition) is 0. The Morgan fingerprint density at radius 2 is 1.23 bits per heavy atom. The van der Waals surface area contributed by atoms with Gasteiger partial charge in [-0.2, -0.15) is 0 Å². The molecule has 3 nitrogen and oxygen atoms in total. The number of benzene rings is 5. The van der Waals surface area contributed by atoms with Crippen LogP contribution in [0.3, 0.4) is 0 Å². The van der Waals surface area contributed by atoms with Gasteiger partial charge in [0.15, 0.2) is 0 Å². The van der Waals surface area contributed by atoms with Crippen molar-refractivity contribution in [2.24, 2.45) is 0 Å². The van der Waals surface area contributed by atoms with Crippen LogP contribution in [-0.4, -0.2) is 4.98 Å². The molecule has 1 aliphatic carbocycles. The molecule has 0 saturated heterocycles. The maximum atomic E-state index is 6.96. The van der Waals surface area contributed by atoms with Crippen LogP contribution in [0, 0.1) is 0 Å². The molecular formula is C43H34NO2P. The highest BCUT2D eigenvalue weighted by Crippen LogP contribution is 2.55. The maximum Gasteiger partial charge on any atom is 0.147 e. The summed E-state index contributed by atoms with van der Waals surface area (Å²) in [4.78, 5) is 4.21. The molecule has 1 unspecified atom stereocenters. The standard InChI is InChI=1S/C41H28NO2P.C2H6/c1-3-8-27(9-4-1)31-14-18-38-36(25-31)43-35-17-16-34(33-13-7-12-30(24-33)29-20-22-42-23-21-29)40-41(35)45(38)39-19-15-32(26-37(39)44-40)28-10-5-2-6-11-28;1-2/h2-3,5-26H,1,4H2;1-2H3. The third-order valence-corrected chi connectivity index (χ3v) is 11.3. The van der Waals surface area contributed by atoms with E-state index in [1.54, 1.807) is 0 Å². The van der Waals surface area contributed by atoms with E-state index in [0.717, 1.165) is 69.0 Å². The zero-order valence-corrected chi connectivity index (χ0v) is 27.4.